The van der Waals surface area contributed by atoms with E-state index in [4.69, 9.17) is 0 Å². The fourth-order valence-electron chi connectivity index (χ4n) is 2.93. The van der Waals surface area contributed by atoms with Gasteiger partial charge in [0.25, 0.3) is 5.91 Å². The zero-order valence-corrected chi connectivity index (χ0v) is 14.0. The Morgan fingerprint density at radius 2 is 1.68 bits per heavy atom. The van der Waals surface area contributed by atoms with Gasteiger partial charge in [0.15, 0.2) is 0 Å². The van der Waals surface area contributed by atoms with E-state index in [-0.39, 0.29) is 11.8 Å². The van der Waals surface area contributed by atoms with Gasteiger partial charge in [-0.1, -0.05) is 6.07 Å². The normalized spacial score (nSPS) is 14.3. The lowest BCUT2D eigenvalue weighted by molar-refractivity contribution is -0.114. The van der Waals surface area contributed by atoms with Gasteiger partial charge in [0.1, 0.15) is 5.82 Å². The number of benzene rings is 2. The highest BCUT2D eigenvalue weighted by atomic mass is 19.1. The predicted octanol–water partition coefficient (Wildman–Crippen LogP) is 2.75. The van der Waals surface area contributed by atoms with Crippen LogP contribution in [0.25, 0.3) is 0 Å². The first-order valence-electron chi connectivity index (χ1n) is 8.20. The van der Waals surface area contributed by atoms with E-state index in [1.54, 1.807) is 17.0 Å². The molecule has 1 N–H and O–H groups in total. The fourth-order valence-corrected chi connectivity index (χ4v) is 2.93. The molecule has 1 aliphatic heterocycles. The molecule has 1 fully saturated rings. The Morgan fingerprint density at radius 3 is 2.28 bits per heavy atom. The van der Waals surface area contributed by atoms with E-state index in [1.165, 1.54) is 19.1 Å². The number of amides is 2. The summed E-state index contributed by atoms with van der Waals surface area (Å²) in [5, 5.41) is 2.74. The van der Waals surface area contributed by atoms with Gasteiger partial charge in [-0.05, 0) is 42.5 Å². The van der Waals surface area contributed by atoms with E-state index in [0.717, 1.165) is 11.4 Å². The highest BCUT2D eigenvalue weighted by Crippen LogP contribution is 2.20. The second-order valence-corrected chi connectivity index (χ2v) is 6.02. The molecule has 0 aromatic heterocycles. The van der Waals surface area contributed by atoms with Gasteiger partial charge in [-0.25, -0.2) is 4.39 Å². The van der Waals surface area contributed by atoms with Crippen LogP contribution in [0.4, 0.5) is 15.8 Å². The molecule has 25 heavy (non-hydrogen) atoms. The van der Waals surface area contributed by atoms with Crippen molar-refractivity contribution in [3.05, 3.63) is 59.9 Å². The lowest BCUT2D eigenvalue weighted by Crippen LogP contribution is -2.48. The average Bonchev–Trinajstić information content (AvgIpc) is 2.61. The van der Waals surface area contributed by atoms with Crippen LogP contribution in [0.5, 0.6) is 0 Å². The maximum absolute atomic E-state index is 13.3. The SMILES string of the molecule is CC(=O)Nc1ccc(N2CCN(C(=O)c3cccc(F)c3)CC2)cc1. The summed E-state index contributed by atoms with van der Waals surface area (Å²) in [6.07, 6.45) is 0. The summed E-state index contributed by atoms with van der Waals surface area (Å²) in [6.45, 7) is 4.06. The molecular formula is C19H20FN3O2. The van der Waals surface area contributed by atoms with Crippen molar-refractivity contribution in [3.63, 3.8) is 0 Å². The van der Waals surface area contributed by atoms with E-state index in [2.05, 4.69) is 10.2 Å². The van der Waals surface area contributed by atoms with Crippen LogP contribution < -0.4 is 10.2 Å². The molecule has 2 amide bonds. The highest BCUT2D eigenvalue weighted by molar-refractivity contribution is 5.94. The molecule has 5 nitrogen and oxygen atoms in total. The maximum atomic E-state index is 13.3. The van der Waals surface area contributed by atoms with E-state index in [0.29, 0.717) is 31.7 Å². The van der Waals surface area contributed by atoms with Crippen molar-refractivity contribution in [2.24, 2.45) is 0 Å². The van der Waals surface area contributed by atoms with Gasteiger partial charge in [0.2, 0.25) is 5.91 Å². The molecule has 0 radical (unpaired) electrons. The number of carbonyl (C=O) groups is 2. The van der Waals surface area contributed by atoms with E-state index in [9.17, 15) is 14.0 Å². The van der Waals surface area contributed by atoms with Gasteiger partial charge in [-0.15, -0.1) is 0 Å². The Morgan fingerprint density at radius 1 is 1.00 bits per heavy atom. The Bertz CT molecular complexity index is 768. The second-order valence-electron chi connectivity index (χ2n) is 6.02. The van der Waals surface area contributed by atoms with Gasteiger partial charge in [-0.2, -0.15) is 0 Å². The number of halogens is 1. The monoisotopic (exact) mass is 341 g/mol. The molecule has 1 heterocycles. The Kier molecular flexibility index (Phi) is 4.97. The molecule has 1 aliphatic rings. The summed E-state index contributed by atoms with van der Waals surface area (Å²) in [6, 6.07) is 13.4. The van der Waals surface area contributed by atoms with Gasteiger partial charge < -0.3 is 15.1 Å². The fraction of sp³-hybridized carbons (Fsp3) is 0.263. The molecule has 130 valence electrons. The lowest BCUT2D eigenvalue weighted by atomic mass is 10.1. The van der Waals surface area contributed by atoms with Crippen LogP contribution in [0.3, 0.4) is 0 Å². The second kappa shape index (κ2) is 7.34. The zero-order valence-electron chi connectivity index (χ0n) is 14.0. The van der Waals surface area contributed by atoms with E-state index < -0.39 is 5.82 Å². The van der Waals surface area contributed by atoms with Crippen LogP contribution in [0.2, 0.25) is 0 Å². The predicted molar refractivity (Wildman–Crippen MR) is 95.3 cm³/mol. The molecule has 6 heteroatoms. The molecule has 1 saturated heterocycles. The van der Waals surface area contributed by atoms with Crippen LogP contribution >= 0.6 is 0 Å². The van der Waals surface area contributed by atoms with Crippen LogP contribution in [-0.4, -0.2) is 42.9 Å². The van der Waals surface area contributed by atoms with Crippen molar-refractivity contribution in [1.29, 1.82) is 0 Å². The molecule has 0 unspecified atom stereocenters. The first kappa shape index (κ1) is 17.0. The van der Waals surface area contributed by atoms with Crippen LogP contribution in [0.1, 0.15) is 17.3 Å². The van der Waals surface area contributed by atoms with Gasteiger partial charge >= 0.3 is 0 Å². The number of hydrogen-bond donors (Lipinski definition) is 1. The number of carbonyl (C=O) groups excluding carboxylic acids is 2. The molecule has 3 rings (SSSR count). The summed E-state index contributed by atoms with van der Waals surface area (Å²) >= 11 is 0. The summed E-state index contributed by atoms with van der Waals surface area (Å²) in [5.74, 6) is -0.638. The third-order valence-corrected chi connectivity index (χ3v) is 4.19. The minimum Gasteiger partial charge on any atom is -0.368 e. The summed E-state index contributed by atoms with van der Waals surface area (Å²) in [4.78, 5) is 27.4. The topological polar surface area (TPSA) is 52.7 Å². The first-order valence-corrected chi connectivity index (χ1v) is 8.20. The maximum Gasteiger partial charge on any atom is 0.254 e. The third kappa shape index (κ3) is 4.15. The standard InChI is InChI=1S/C19H20FN3O2/c1-14(24)21-17-5-7-18(8-6-17)22-9-11-23(12-10-22)19(25)15-3-2-4-16(20)13-15/h2-8,13H,9-12H2,1H3,(H,21,24). The smallest absolute Gasteiger partial charge is 0.254 e. The first-order chi connectivity index (χ1) is 12.0. The van der Waals surface area contributed by atoms with Crippen molar-refractivity contribution in [2.45, 2.75) is 6.92 Å². The summed E-state index contributed by atoms with van der Waals surface area (Å²) in [7, 11) is 0. The molecule has 0 spiro atoms. The summed E-state index contributed by atoms with van der Waals surface area (Å²) < 4.78 is 13.3. The summed E-state index contributed by atoms with van der Waals surface area (Å²) in [5.41, 5.74) is 2.19. The number of hydrogen-bond acceptors (Lipinski definition) is 3. The lowest BCUT2D eigenvalue weighted by Gasteiger charge is -2.36. The molecule has 0 aliphatic carbocycles. The Labute approximate surface area is 146 Å². The van der Waals surface area contributed by atoms with Gasteiger partial charge in [0, 0.05) is 50.0 Å². The van der Waals surface area contributed by atoms with Crippen LogP contribution in [-0.2, 0) is 4.79 Å². The number of piperazine rings is 1. The van der Waals surface area contributed by atoms with Crippen molar-refractivity contribution in [2.75, 3.05) is 36.4 Å². The number of rotatable bonds is 3. The quantitative estimate of drug-likeness (QED) is 0.934. The number of nitrogens with one attached hydrogen (secondary N) is 1. The molecule has 2 aromatic carbocycles. The highest BCUT2D eigenvalue weighted by Gasteiger charge is 2.22. The van der Waals surface area contributed by atoms with Crippen molar-refractivity contribution < 1.29 is 14.0 Å². The van der Waals surface area contributed by atoms with E-state index >= 15 is 0 Å². The van der Waals surface area contributed by atoms with Gasteiger partial charge in [0.05, 0.1) is 0 Å². The third-order valence-electron chi connectivity index (χ3n) is 4.19. The van der Waals surface area contributed by atoms with Crippen LogP contribution in [0.15, 0.2) is 48.5 Å². The Balaban J connectivity index is 1.60. The molecule has 0 saturated carbocycles. The van der Waals surface area contributed by atoms with Crippen molar-refractivity contribution >= 4 is 23.2 Å². The minimum absolute atomic E-state index is 0.0998. The molecular weight excluding hydrogens is 321 g/mol. The van der Waals surface area contributed by atoms with Gasteiger partial charge in [-0.3, -0.25) is 9.59 Å². The zero-order chi connectivity index (χ0) is 17.8. The largest absolute Gasteiger partial charge is 0.368 e. The van der Waals surface area contributed by atoms with Crippen molar-refractivity contribution in [3.8, 4) is 0 Å². The number of nitrogens with zero attached hydrogens (tertiary/aromatic N) is 2. The molecule has 0 atom stereocenters. The average molecular weight is 341 g/mol. The molecule has 0 bridgehead atoms. The Hall–Kier alpha value is -2.89. The van der Waals surface area contributed by atoms with Crippen molar-refractivity contribution in [1.82, 2.24) is 4.90 Å². The van der Waals surface area contributed by atoms with E-state index in [1.807, 2.05) is 24.3 Å². The minimum atomic E-state index is -0.399. The van der Waals surface area contributed by atoms with Crippen LogP contribution in [0, 0.1) is 5.82 Å². The molecule has 2 aromatic rings. The number of anilines is 2.